The van der Waals surface area contributed by atoms with Crippen LogP contribution < -0.4 is 0 Å². The van der Waals surface area contributed by atoms with Crippen LogP contribution in [0.3, 0.4) is 0 Å². The van der Waals surface area contributed by atoms with Gasteiger partial charge in [-0.25, -0.2) is 0 Å². The number of methoxy groups -OCH3 is 1. The predicted octanol–water partition coefficient (Wildman–Crippen LogP) is 4.39. The molecule has 0 aromatic carbocycles. The van der Waals surface area contributed by atoms with Crippen molar-refractivity contribution in [2.75, 3.05) is 7.11 Å². The number of hydrogen-bond donors (Lipinski definition) is 0. The summed E-state index contributed by atoms with van der Waals surface area (Å²) in [4.78, 5) is 21.7. The van der Waals surface area contributed by atoms with Gasteiger partial charge in [0.25, 0.3) is 0 Å². The fourth-order valence-electron chi connectivity index (χ4n) is 1.56. The monoisotopic (exact) mass is 412 g/mol. The fourth-order valence-corrected chi connectivity index (χ4v) is 1.56. The summed E-state index contributed by atoms with van der Waals surface area (Å²) in [6.07, 6.45) is -10.4. The van der Waals surface area contributed by atoms with Crippen molar-refractivity contribution < 1.29 is 62.6 Å². The molecule has 0 amide bonds. The number of alkyl halides is 11. The van der Waals surface area contributed by atoms with Gasteiger partial charge in [-0.05, 0) is 12.8 Å². The maximum Gasteiger partial charge on any atom is 0.460 e. The molecular weight excluding hydrogens is 401 g/mol. The zero-order chi connectivity index (χ0) is 21.2. The predicted molar refractivity (Wildman–Crippen MR) is 61.3 cm³/mol. The molecule has 0 rings (SSSR count). The Kier molecular flexibility index (Phi) is 7.07. The van der Waals surface area contributed by atoms with Crippen molar-refractivity contribution in [2.24, 2.45) is 0 Å². The second-order valence-electron chi connectivity index (χ2n) is 5.00. The summed E-state index contributed by atoms with van der Waals surface area (Å²) in [6.45, 7) is 0. The third-order valence-corrected chi connectivity index (χ3v) is 3.15. The lowest BCUT2D eigenvalue weighted by molar-refractivity contribution is -0.416. The molecule has 0 aromatic heterocycles. The van der Waals surface area contributed by atoms with Crippen molar-refractivity contribution in [3.8, 4) is 0 Å². The van der Waals surface area contributed by atoms with Gasteiger partial charge >= 0.3 is 35.8 Å². The number of ether oxygens (including phenoxy) is 1. The molecule has 0 aliphatic carbocycles. The standard InChI is InChI=1S/C12H11F11O3/c1-26-7(25)5-3-2-4-6(24)8(13,14)9(15,16)10(17,18)11(19,20)12(21,22)23/h2-5H2,1H3. The molecule has 0 atom stereocenters. The Balaban J connectivity index is 5.41. The fraction of sp³-hybridized carbons (Fsp3) is 0.833. The topological polar surface area (TPSA) is 43.4 Å². The van der Waals surface area contributed by atoms with Crippen molar-refractivity contribution in [1.82, 2.24) is 0 Å². The number of unbranched alkanes of at least 4 members (excludes halogenated alkanes) is 1. The lowest BCUT2D eigenvalue weighted by Gasteiger charge is -2.36. The maximum atomic E-state index is 13.3. The van der Waals surface area contributed by atoms with E-state index in [1.165, 1.54) is 0 Å². The van der Waals surface area contributed by atoms with E-state index in [9.17, 15) is 57.9 Å². The number of esters is 1. The van der Waals surface area contributed by atoms with Gasteiger partial charge < -0.3 is 4.74 Å². The Morgan fingerprint density at radius 1 is 0.692 bits per heavy atom. The second-order valence-corrected chi connectivity index (χ2v) is 5.00. The molecule has 0 bridgehead atoms. The van der Waals surface area contributed by atoms with Crippen molar-refractivity contribution in [2.45, 2.75) is 55.5 Å². The third-order valence-electron chi connectivity index (χ3n) is 3.15. The molecule has 0 aromatic rings. The Hall–Kier alpha value is -1.63. The molecule has 0 spiro atoms. The first-order valence-electron chi connectivity index (χ1n) is 6.56. The van der Waals surface area contributed by atoms with Crippen molar-refractivity contribution in [3.05, 3.63) is 0 Å². The number of rotatable bonds is 9. The van der Waals surface area contributed by atoms with Crippen LogP contribution in [0.4, 0.5) is 48.3 Å². The molecule has 0 radical (unpaired) electrons. The molecule has 0 aliphatic heterocycles. The van der Waals surface area contributed by atoms with Gasteiger partial charge in [0.15, 0.2) is 0 Å². The summed E-state index contributed by atoms with van der Waals surface area (Å²) in [5.74, 6) is -32.9. The Morgan fingerprint density at radius 2 is 1.12 bits per heavy atom. The highest BCUT2D eigenvalue weighted by Gasteiger charge is 2.88. The summed E-state index contributed by atoms with van der Waals surface area (Å²) < 4.78 is 144. The van der Waals surface area contributed by atoms with Gasteiger partial charge in [-0.1, -0.05) is 0 Å². The maximum absolute atomic E-state index is 13.3. The Bertz CT molecular complexity index is 525. The van der Waals surface area contributed by atoms with Crippen LogP contribution in [0.5, 0.6) is 0 Å². The summed E-state index contributed by atoms with van der Waals surface area (Å²) >= 11 is 0. The van der Waals surface area contributed by atoms with Crippen LogP contribution in [0.15, 0.2) is 0 Å². The van der Waals surface area contributed by atoms with Crippen molar-refractivity contribution in [3.63, 3.8) is 0 Å². The number of hydrogen-bond acceptors (Lipinski definition) is 3. The van der Waals surface area contributed by atoms with E-state index in [0.717, 1.165) is 7.11 Å². The molecule has 154 valence electrons. The van der Waals surface area contributed by atoms with Crippen molar-refractivity contribution >= 4 is 11.8 Å². The molecule has 0 unspecified atom stereocenters. The minimum atomic E-state index is -7.61. The van der Waals surface area contributed by atoms with Crippen LogP contribution in [-0.2, 0) is 14.3 Å². The minimum Gasteiger partial charge on any atom is -0.469 e. The van der Waals surface area contributed by atoms with Gasteiger partial charge in [0.2, 0.25) is 5.78 Å². The highest BCUT2D eigenvalue weighted by molar-refractivity contribution is 5.87. The normalized spacial score (nSPS) is 14.3. The number of carbonyl (C=O) groups excluding carboxylic acids is 2. The van der Waals surface area contributed by atoms with Crippen LogP contribution in [0.2, 0.25) is 0 Å². The van der Waals surface area contributed by atoms with Crippen molar-refractivity contribution in [1.29, 1.82) is 0 Å². The first-order chi connectivity index (χ1) is 11.4. The van der Waals surface area contributed by atoms with E-state index in [4.69, 9.17) is 0 Å². The van der Waals surface area contributed by atoms with Crippen LogP contribution in [0.25, 0.3) is 0 Å². The molecule has 0 saturated heterocycles. The first kappa shape index (κ1) is 24.4. The Labute approximate surface area is 138 Å². The number of ketones is 1. The van der Waals surface area contributed by atoms with Gasteiger partial charge in [-0.2, -0.15) is 48.3 Å². The second kappa shape index (κ2) is 7.55. The largest absolute Gasteiger partial charge is 0.469 e. The van der Waals surface area contributed by atoms with Gasteiger partial charge in [0.1, 0.15) is 0 Å². The molecule has 0 aliphatic rings. The van der Waals surface area contributed by atoms with E-state index in [0.29, 0.717) is 0 Å². The molecular formula is C12H11F11O3. The first-order valence-corrected chi connectivity index (χ1v) is 6.56. The van der Waals surface area contributed by atoms with E-state index in [1.54, 1.807) is 0 Å². The smallest absolute Gasteiger partial charge is 0.460 e. The lowest BCUT2D eigenvalue weighted by atomic mass is 9.93. The molecule has 14 heteroatoms. The minimum absolute atomic E-state index is 0.394. The molecule has 0 heterocycles. The number of halogens is 11. The summed E-state index contributed by atoms with van der Waals surface area (Å²) in [7, 11) is 0.936. The van der Waals surface area contributed by atoms with Crippen LogP contribution in [0.1, 0.15) is 25.7 Å². The molecule has 0 fully saturated rings. The summed E-state index contributed by atoms with van der Waals surface area (Å²) in [5.41, 5.74) is 0. The molecule has 3 nitrogen and oxygen atoms in total. The number of Topliss-reactive ketones (excluding diaryl/α,β-unsaturated/α-hetero) is 1. The van der Waals surface area contributed by atoms with E-state index < -0.39 is 67.3 Å². The van der Waals surface area contributed by atoms with E-state index in [1.807, 2.05) is 0 Å². The van der Waals surface area contributed by atoms with Crippen LogP contribution in [-0.4, -0.2) is 48.7 Å². The quantitative estimate of drug-likeness (QED) is 0.321. The van der Waals surface area contributed by atoms with Crippen LogP contribution >= 0.6 is 0 Å². The highest BCUT2D eigenvalue weighted by Crippen LogP contribution is 2.57. The van der Waals surface area contributed by atoms with E-state index in [2.05, 4.69) is 4.74 Å². The van der Waals surface area contributed by atoms with Gasteiger partial charge in [-0.3, -0.25) is 9.59 Å². The summed E-state index contributed by atoms with van der Waals surface area (Å²) in [6, 6.07) is 0. The molecule has 0 saturated carbocycles. The molecule has 0 N–H and O–H groups in total. The average Bonchev–Trinajstić information content (AvgIpc) is 2.48. The zero-order valence-electron chi connectivity index (χ0n) is 12.7. The lowest BCUT2D eigenvalue weighted by Crippen LogP contribution is -2.68. The average molecular weight is 412 g/mol. The van der Waals surface area contributed by atoms with E-state index >= 15 is 0 Å². The molecule has 26 heavy (non-hydrogen) atoms. The van der Waals surface area contributed by atoms with Crippen LogP contribution in [0, 0.1) is 0 Å². The highest BCUT2D eigenvalue weighted by atomic mass is 19.4. The van der Waals surface area contributed by atoms with Gasteiger partial charge in [0.05, 0.1) is 7.11 Å². The SMILES string of the molecule is COC(=O)CCCCC(=O)C(F)(F)C(F)(F)C(F)(F)C(F)(F)C(F)(F)F. The van der Waals surface area contributed by atoms with E-state index in [-0.39, 0.29) is 0 Å². The summed E-state index contributed by atoms with van der Waals surface area (Å²) in [5, 5.41) is 0. The number of carbonyl (C=O) groups is 2. The van der Waals surface area contributed by atoms with Gasteiger partial charge in [0, 0.05) is 12.8 Å². The zero-order valence-corrected chi connectivity index (χ0v) is 12.7. The van der Waals surface area contributed by atoms with Gasteiger partial charge in [-0.15, -0.1) is 0 Å². The Morgan fingerprint density at radius 3 is 1.50 bits per heavy atom. The third kappa shape index (κ3) is 4.19.